The molecule has 3 rings (SSSR count). The summed E-state index contributed by atoms with van der Waals surface area (Å²) in [4.78, 5) is 11.4. The maximum atomic E-state index is 11.4. The number of carbonyl (C=O) groups is 1. The standard InChI is InChI=1S/C19H20O3/c1-13-12-15(19(2)10-11-19)6-9-17(13)22-16-7-4-14(5-8-16)18(20)21-3/h4-9,12H,10-11H2,1-3H3. The monoisotopic (exact) mass is 296 g/mol. The summed E-state index contributed by atoms with van der Waals surface area (Å²) >= 11 is 0. The Labute approximate surface area is 130 Å². The Kier molecular flexibility index (Phi) is 3.65. The van der Waals surface area contributed by atoms with E-state index in [4.69, 9.17) is 4.74 Å². The van der Waals surface area contributed by atoms with Crippen molar-refractivity contribution in [2.24, 2.45) is 0 Å². The summed E-state index contributed by atoms with van der Waals surface area (Å²) in [5.41, 5.74) is 3.40. The first-order valence-corrected chi connectivity index (χ1v) is 7.49. The highest BCUT2D eigenvalue weighted by Gasteiger charge is 2.39. The average molecular weight is 296 g/mol. The van der Waals surface area contributed by atoms with E-state index < -0.39 is 0 Å². The molecule has 1 fully saturated rings. The van der Waals surface area contributed by atoms with E-state index >= 15 is 0 Å². The van der Waals surface area contributed by atoms with Crippen LogP contribution in [-0.4, -0.2) is 13.1 Å². The molecule has 2 aromatic carbocycles. The third-order valence-corrected chi connectivity index (χ3v) is 4.38. The van der Waals surface area contributed by atoms with Gasteiger partial charge in [0.05, 0.1) is 12.7 Å². The maximum Gasteiger partial charge on any atom is 0.337 e. The van der Waals surface area contributed by atoms with Crippen molar-refractivity contribution in [3.8, 4) is 11.5 Å². The van der Waals surface area contributed by atoms with Crippen molar-refractivity contribution >= 4 is 5.97 Å². The Morgan fingerprint density at radius 3 is 2.32 bits per heavy atom. The number of rotatable bonds is 4. The molecule has 0 radical (unpaired) electrons. The quantitative estimate of drug-likeness (QED) is 0.772. The number of esters is 1. The van der Waals surface area contributed by atoms with E-state index in [0.717, 1.165) is 11.3 Å². The van der Waals surface area contributed by atoms with E-state index in [2.05, 4.69) is 30.7 Å². The van der Waals surface area contributed by atoms with Crippen LogP contribution in [0, 0.1) is 6.92 Å². The minimum Gasteiger partial charge on any atom is -0.465 e. The van der Waals surface area contributed by atoms with Crippen LogP contribution in [0.4, 0.5) is 0 Å². The molecule has 0 unspecified atom stereocenters. The van der Waals surface area contributed by atoms with Crippen LogP contribution in [0.25, 0.3) is 0 Å². The molecule has 0 bridgehead atoms. The van der Waals surface area contributed by atoms with Gasteiger partial charge in [-0.3, -0.25) is 0 Å². The second-order valence-corrected chi connectivity index (χ2v) is 6.16. The molecule has 0 atom stereocenters. The van der Waals surface area contributed by atoms with Crippen molar-refractivity contribution in [2.45, 2.75) is 32.1 Å². The zero-order valence-electron chi connectivity index (χ0n) is 13.2. The Morgan fingerprint density at radius 1 is 1.09 bits per heavy atom. The second-order valence-electron chi connectivity index (χ2n) is 6.16. The summed E-state index contributed by atoms with van der Waals surface area (Å²) in [5.74, 6) is 1.21. The van der Waals surface area contributed by atoms with E-state index in [0.29, 0.717) is 16.7 Å². The van der Waals surface area contributed by atoms with Crippen molar-refractivity contribution in [3.05, 3.63) is 59.2 Å². The van der Waals surface area contributed by atoms with E-state index in [-0.39, 0.29) is 5.97 Å². The molecule has 1 aliphatic carbocycles. The molecule has 0 amide bonds. The van der Waals surface area contributed by atoms with Gasteiger partial charge in [0.25, 0.3) is 0 Å². The van der Waals surface area contributed by atoms with Crippen LogP contribution < -0.4 is 4.74 Å². The number of aryl methyl sites for hydroxylation is 1. The Hall–Kier alpha value is -2.29. The lowest BCUT2D eigenvalue weighted by Crippen LogP contribution is -2.01. The molecule has 0 aromatic heterocycles. The first kappa shape index (κ1) is 14.6. The number of ether oxygens (including phenoxy) is 2. The molecule has 0 saturated heterocycles. The number of benzene rings is 2. The highest BCUT2D eigenvalue weighted by Crippen LogP contribution is 2.48. The lowest BCUT2D eigenvalue weighted by Gasteiger charge is -2.13. The van der Waals surface area contributed by atoms with Crippen molar-refractivity contribution < 1.29 is 14.3 Å². The van der Waals surface area contributed by atoms with Crippen LogP contribution in [0.1, 0.15) is 41.3 Å². The first-order chi connectivity index (χ1) is 10.5. The molecule has 0 heterocycles. The third kappa shape index (κ3) is 2.84. The maximum absolute atomic E-state index is 11.4. The molecule has 0 N–H and O–H groups in total. The Morgan fingerprint density at radius 2 is 1.77 bits per heavy atom. The van der Waals surface area contributed by atoms with E-state index in [1.54, 1.807) is 24.3 Å². The summed E-state index contributed by atoms with van der Waals surface area (Å²) in [5, 5.41) is 0. The fourth-order valence-electron chi connectivity index (χ4n) is 2.52. The van der Waals surface area contributed by atoms with Crippen molar-refractivity contribution in [1.29, 1.82) is 0 Å². The number of hydrogen-bond donors (Lipinski definition) is 0. The lowest BCUT2D eigenvalue weighted by molar-refractivity contribution is 0.0600. The molecule has 114 valence electrons. The lowest BCUT2D eigenvalue weighted by atomic mass is 9.96. The van der Waals surface area contributed by atoms with Gasteiger partial charge in [0, 0.05) is 0 Å². The van der Waals surface area contributed by atoms with Gasteiger partial charge in [-0.25, -0.2) is 4.79 Å². The fraction of sp³-hybridized carbons (Fsp3) is 0.316. The molecular weight excluding hydrogens is 276 g/mol. The zero-order chi connectivity index (χ0) is 15.7. The van der Waals surface area contributed by atoms with E-state index in [9.17, 15) is 4.79 Å². The van der Waals surface area contributed by atoms with Crippen LogP contribution in [0.3, 0.4) is 0 Å². The first-order valence-electron chi connectivity index (χ1n) is 7.49. The topological polar surface area (TPSA) is 35.5 Å². The van der Waals surface area contributed by atoms with Gasteiger partial charge in [-0.05, 0) is 66.6 Å². The number of methoxy groups -OCH3 is 1. The fourth-order valence-corrected chi connectivity index (χ4v) is 2.52. The van der Waals surface area contributed by atoms with Gasteiger partial charge in [0.2, 0.25) is 0 Å². The smallest absolute Gasteiger partial charge is 0.337 e. The summed E-state index contributed by atoms with van der Waals surface area (Å²) in [7, 11) is 1.37. The van der Waals surface area contributed by atoms with Gasteiger partial charge in [-0.1, -0.05) is 19.1 Å². The predicted octanol–water partition coefficient (Wildman–Crippen LogP) is 4.63. The second kappa shape index (κ2) is 5.48. The molecular formula is C19H20O3. The molecule has 1 aliphatic rings. The molecule has 2 aromatic rings. The molecule has 3 heteroatoms. The van der Waals surface area contributed by atoms with Crippen LogP contribution in [0.2, 0.25) is 0 Å². The summed E-state index contributed by atoms with van der Waals surface area (Å²) in [6.45, 7) is 4.36. The number of carbonyl (C=O) groups excluding carboxylic acids is 1. The predicted molar refractivity (Wildman–Crippen MR) is 85.6 cm³/mol. The van der Waals surface area contributed by atoms with E-state index in [1.807, 2.05) is 6.07 Å². The third-order valence-electron chi connectivity index (χ3n) is 4.38. The Balaban J connectivity index is 1.77. The largest absolute Gasteiger partial charge is 0.465 e. The van der Waals surface area contributed by atoms with Gasteiger partial charge in [0.1, 0.15) is 11.5 Å². The van der Waals surface area contributed by atoms with Crippen LogP contribution >= 0.6 is 0 Å². The highest BCUT2D eigenvalue weighted by atomic mass is 16.5. The number of hydrogen-bond acceptors (Lipinski definition) is 3. The Bertz CT molecular complexity index is 697. The van der Waals surface area contributed by atoms with Crippen LogP contribution in [-0.2, 0) is 10.2 Å². The SMILES string of the molecule is COC(=O)c1ccc(Oc2ccc(C3(C)CC3)cc2C)cc1. The minimum absolute atomic E-state index is 0.343. The van der Waals surface area contributed by atoms with E-state index in [1.165, 1.54) is 25.5 Å². The van der Waals surface area contributed by atoms with Crippen molar-refractivity contribution in [1.82, 2.24) is 0 Å². The highest BCUT2D eigenvalue weighted by molar-refractivity contribution is 5.89. The van der Waals surface area contributed by atoms with Gasteiger partial charge < -0.3 is 9.47 Å². The minimum atomic E-state index is -0.343. The molecule has 1 saturated carbocycles. The van der Waals surface area contributed by atoms with Crippen LogP contribution in [0.5, 0.6) is 11.5 Å². The molecule has 3 nitrogen and oxygen atoms in total. The van der Waals surface area contributed by atoms with Gasteiger partial charge in [-0.2, -0.15) is 0 Å². The summed E-state index contributed by atoms with van der Waals surface area (Å²) in [6.07, 6.45) is 2.53. The zero-order valence-corrected chi connectivity index (χ0v) is 13.2. The van der Waals surface area contributed by atoms with Crippen molar-refractivity contribution in [2.75, 3.05) is 7.11 Å². The van der Waals surface area contributed by atoms with Crippen molar-refractivity contribution in [3.63, 3.8) is 0 Å². The van der Waals surface area contributed by atoms with Gasteiger partial charge in [-0.15, -0.1) is 0 Å². The molecule has 22 heavy (non-hydrogen) atoms. The molecule has 0 spiro atoms. The molecule has 0 aliphatic heterocycles. The average Bonchev–Trinajstić information content (AvgIpc) is 3.28. The summed E-state index contributed by atoms with van der Waals surface area (Å²) in [6, 6.07) is 13.4. The van der Waals surface area contributed by atoms with Gasteiger partial charge in [0.15, 0.2) is 0 Å². The van der Waals surface area contributed by atoms with Gasteiger partial charge >= 0.3 is 5.97 Å². The van der Waals surface area contributed by atoms with Crippen LogP contribution in [0.15, 0.2) is 42.5 Å². The normalized spacial score (nSPS) is 15.2. The summed E-state index contributed by atoms with van der Waals surface area (Å²) < 4.78 is 10.6.